The standard InChI is InChI=1S/C17H17FN6OS.H3N/c1-9-23-24-14(26-9)7-13-15(18)16(22-17(19)21-13)25-8-10-6-11(10)12-4-2-3-5-20-12;/h2-5,10-11H,6-8H2,1H3,(H2,19,21,22);1H3. The van der Waals surface area contributed by atoms with Crippen LogP contribution in [0.5, 0.6) is 5.88 Å². The Morgan fingerprint density at radius 3 is 2.85 bits per heavy atom. The molecule has 10 heteroatoms. The zero-order chi connectivity index (χ0) is 18.1. The zero-order valence-corrected chi connectivity index (χ0v) is 15.6. The molecule has 0 radical (unpaired) electrons. The summed E-state index contributed by atoms with van der Waals surface area (Å²) in [4.78, 5) is 12.2. The molecule has 0 spiro atoms. The van der Waals surface area contributed by atoms with Crippen molar-refractivity contribution in [2.24, 2.45) is 5.92 Å². The highest BCUT2D eigenvalue weighted by atomic mass is 32.1. The van der Waals surface area contributed by atoms with Crippen LogP contribution in [0.4, 0.5) is 10.3 Å². The fraction of sp³-hybridized carbons (Fsp3) is 0.353. The van der Waals surface area contributed by atoms with Crippen molar-refractivity contribution >= 4 is 17.3 Å². The third-order valence-corrected chi connectivity index (χ3v) is 5.06. The monoisotopic (exact) mass is 389 g/mol. The van der Waals surface area contributed by atoms with Crippen LogP contribution in [-0.4, -0.2) is 31.8 Å². The van der Waals surface area contributed by atoms with Gasteiger partial charge in [-0.15, -0.1) is 21.5 Å². The number of halogens is 1. The molecular weight excluding hydrogens is 369 g/mol. The van der Waals surface area contributed by atoms with Crippen LogP contribution in [0.1, 0.15) is 33.7 Å². The molecule has 3 aromatic rings. The van der Waals surface area contributed by atoms with Crippen LogP contribution >= 0.6 is 11.3 Å². The number of aryl methyl sites for hydroxylation is 1. The van der Waals surface area contributed by atoms with Gasteiger partial charge in [-0.1, -0.05) is 6.07 Å². The van der Waals surface area contributed by atoms with Crippen molar-refractivity contribution in [2.45, 2.75) is 25.7 Å². The van der Waals surface area contributed by atoms with E-state index in [4.69, 9.17) is 10.5 Å². The Hall–Kier alpha value is -2.72. The molecule has 2 atom stereocenters. The first-order valence-electron chi connectivity index (χ1n) is 8.24. The van der Waals surface area contributed by atoms with Gasteiger partial charge in [0, 0.05) is 30.1 Å². The van der Waals surface area contributed by atoms with Crippen molar-refractivity contribution < 1.29 is 9.13 Å². The number of nitrogen functional groups attached to an aromatic ring is 1. The summed E-state index contributed by atoms with van der Waals surface area (Å²) < 4.78 is 20.3. The van der Waals surface area contributed by atoms with Crippen LogP contribution in [0.15, 0.2) is 24.4 Å². The maximum atomic E-state index is 14.7. The molecule has 1 fully saturated rings. The molecule has 1 aliphatic carbocycles. The largest absolute Gasteiger partial charge is 0.475 e. The topological polar surface area (TPSA) is 135 Å². The summed E-state index contributed by atoms with van der Waals surface area (Å²) in [5, 5.41) is 9.40. The molecule has 2 unspecified atom stereocenters. The molecule has 1 aliphatic rings. The first-order chi connectivity index (χ1) is 12.6. The number of ether oxygens (including phenoxy) is 1. The zero-order valence-electron chi connectivity index (χ0n) is 14.8. The second-order valence-electron chi connectivity index (χ2n) is 6.21. The number of pyridine rings is 1. The van der Waals surface area contributed by atoms with E-state index in [-0.39, 0.29) is 30.1 Å². The molecule has 0 aromatic carbocycles. The van der Waals surface area contributed by atoms with Gasteiger partial charge in [-0.2, -0.15) is 9.37 Å². The summed E-state index contributed by atoms with van der Waals surface area (Å²) in [5.41, 5.74) is 6.92. The molecular formula is C17H20FN7OS. The molecule has 5 N–H and O–H groups in total. The maximum Gasteiger partial charge on any atom is 0.255 e. The van der Waals surface area contributed by atoms with Gasteiger partial charge in [0.25, 0.3) is 5.88 Å². The number of rotatable bonds is 6. The molecule has 3 heterocycles. The number of hydrogen-bond donors (Lipinski definition) is 2. The lowest BCUT2D eigenvalue weighted by atomic mass is 10.2. The Labute approximate surface area is 159 Å². The van der Waals surface area contributed by atoms with Gasteiger partial charge < -0.3 is 16.6 Å². The maximum absolute atomic E-state index is 14.7. The van der Waals surface area contributed by atoms with E-state index in [0.29, 0.717) is 23.5 Å². The smallest absolute Gasteiger partial charge is 0.255 e. The van der Waals surface area contributed by atoms with Gasteiger partial charge in [-0.3, -0.25) is 4.98 Å². The summed E-state index contributed by atoms with van der Waals surface area (Å²) >= 11 is 1.39. The first kappa shape index (κ1) is 19.1. The Morgan fingerprint density at radius 1 is 1.30 bits per heavy atom. The molecule has 27 heavy (non-hydrogen) atoms. The van der Waals surface area contributed by atoms with Gasteiger partial charge in [0.1, 0.15) is 10.0 Å². The molecule has 8 nitrogen and oxygen atoms in total. The minimum atomic E-state index is -0.595. The van der Waals surface area contributed by atoms with Crippen molar-refractivity contribution in [2.75, 3.05) is 12.3 Å². The minimum Gasteiger partial charge on any atom is -0.475 e. The van der Waals surface area contributed by atoms with Gasteiger partial charge in [0.15, 0.2) is 0 Å². The van der Waals surface area contributed by atoms with E-state index < -0.39 is 5.82 Å². The van der Waals surface area contributed by atoms with Crippen molar-refractivity contribution in [1.29, 1.82) is 0 Å². The molecule has 0 bridgehead atoms. The molecule has 0 aliphatic heterocycles. The van der Waals surface area contributed by atoms with Crippen LogP contribution in [-0.2, 0) is 6.42 Å². The summed E-state index contributed by atoms with van der Waals surface area (Å²) in [6.45, 7) is 2.21. The summed E-state index contributed by atoms with van der Waals surface area (Å²) in [7, 11) is 0. The van der Waals surface area contributed by atoms with Gasteiger partial charge >= 0.3 is 0 Å². The van der Waals surface area contributed by atoms with E-state index >= 15 is 0 Å². The number of aromatic nitrogens is 5. The van der Waals surface area contributed by atoms with E-state index in [1.807, 2.05) is 25.1 Å². The van der Waals surface area contributed by atoms with Gasteiger partial charge in [0.05, 0.1) is 12.3 Å². The van der Waals surface area contributed by atoms with Crippen molar-refractivity contribution in [3.63, 3.8) is 0 Å². The Morgan fingerprint density at radius 2 is 2.15 bits per heavy atom. The van der Waals surface area contributed by atoms with E-state index in [2.05, 4.69) is 25.1 Å². The minimum absolute atomic E-state index is 0. The lowest BCUT2D eigenvalue weighted by molar-refractivity contribution is 0.269. The highest BCUT2D eigenvalue weighted by Crippen LogP contribution is 2.46. The summed E-state index contributed by atoms with van der Waals surface area (Å²) in [6, 6.07) is 5.85. The number of nitrogens with zero attached hydrogens (tertiary/aromatic N) is 5. The number of nitrogens with two attached hydrogens (primary N) is 1. The van der Waals surface area contributed by atoms with E-state index in [9.17, 15) is 4.39 Å². The van der Waals surface area contributed by atoms with Gasteiger partial charge in [0.2, 0.25) is 11.8 Å². The fourth-order valence-corrected chi connectivity index (χ4v) is 3.54. The van der Waals surface area contributed by atoms with Crippen molar-refractivity contribution in [3.8, 4) is 5.88 Å². The number of anilines is 1. The fourth-order valence-electron chi connectivity index (χ4n) is 2.83. The van der Waals surface area contributed by atoms with Crippen LogP contribution in [0.2, 0.25) is 0 Å². The van der Waals surface area contributed by atoms with Crippen LogP contribution in [0.25, 0.3) is 0 Å². The van der Waals surface area contributed by atoms with Gasteiger partial charge in [-0.05, 0) is 25.5 Å². The lowest BCUT2D eigenvalue weighted by Crippen LogP contribution is -2.10. The molecule has 4 rings (SSSR count). The Balaban J connectivity index is 0.00000210. The predicted octanol–water partition coefficient (Wildman–Crippen LogP) is 2.69. The molecule has 1 saturated carbocycles. The highest BCUT2D eigenvalue weighted by Gasteiger charge is 2.40. The molecule has 0 amide bonds. The SMILES string of the molecule is Cc1nnc(Cc2nc(N)nc(OCC3CC3c3ccccn3)c2F)s1.N. The molecule has 0 saturated heterocycles. The van der Waals surface area contributed by atoms with Crippen molar-refractivity contribution in [3.05, 3.63) is 51.6 Å². The third-order valence-electron chi connectivity index (χ3n) is 4.22. The average molecular weight is 389 g/mol. The second-order valence-corrected chi connectivity index (χ2v) is 7.47. The third kappa shape index (κ3) is 4.34. The van der Waals surface area contributed by atoms with Crippen LogP contribution in [0.3, 0.4) is 0 Å². The molecule has 3 aromatic heterocycles. The Kier molecular flexibility index (Phi) is 5.57. The average Bonchev–Trinajstić information content (AvgIpc) is 3.31. The first-order valence-corrected chi connectivity index (χ1v) is 9.06. The highest BCUT2D eigenvalue weighted by molar-refractivity contribution is 7.11. The lowest BCUT2D eigenvalue weighted by Gasteiger charge is -2.09. The van der Waals surface area contributed by atoms with E-state index in [0.717, 1.165) is 17.1 Å². The van der Waals surface area contributed by atoms with Crippen LogP contribution in [0, 0.1) is 18.7 Å². The predicted molar refractivity (Wildman–Crippen MR) is 99.5 cm³/mol. The van der Waals surface area contributed by atoms with E-state index in [1.165, 1.54) is 11.3 Å². The summed E-state index contributed by atoms with van der Waals surface area (Å²) in [5.74, 6) is -0.0748. The van der Waals surface area contributed by atoms with Crippen LogP contribution < -0.4 is 16.6 Å². The molecule has 142 valence electrons. The van der Waals surface area contributed by atoms with E-state index in [1.54, 1.807) is 6.20 Å². The Bertz CT molecular complexity index is 921. The van der Waals surface area contributed by atoms with Gasteiger partial charge in [-0.25, -0.2) is 4.98 Å². The quantitative estimate of drug-likeness (QED) is 0.657. The number of hydrogen-bond acceptors (Lipinski definition) is 9. The normalized spacial score (nSPS) is 18.0. The summed E-state index contributed by atoms with van der Waals surface area (Å²) in [6.07, 6.45) is 2.95. The van der Waals surface area contributed by atoms with Crippen molar-refractivity contribution in [1.82, 2.24) is 31.3 Å². The second kappa shape index (κ2) is 7.89.